The van der Waals surface area contributed by atoms with Gasteiger partial charge in [0.25, 0.3) is 0 Å². The summed E-state index contributed by atoms with van der Waals surface area (Å²) in [5, 5.41) is 0. The van der Waals surface area contributed by atoms with E-state index in [4.69, 9.17) is 5.73 Å². The second-order valence-corrected chi connectivity index (χ2v) is 5.51. The molecule has 0 radical (unpaired) electrons. The maximum atomic E-state index is 5.62. The third-order valence-electron chi connectivity index (χ3n) is 3.54. The molecule has 1 saturated heterocycles. The molecule has 1 aliphatic carbocycles. The predicted octanol–water partition coefficient (Wildman–Crippen LogP) is 2.11. The molecule has 0 aromatic carbocycles. The van der Waals surface area contributed by atoms with Crippen LogP contribution >= 0.6 is 11.8 Å². The van der Waals surface area contributed by atoms with Crippen LogP contribution in [0, 0.1) is 17.8 Å². The SMILES string of the molecule is NCC1CC(C2CCSCC2)C1. The fraction of sp³-hybridized carbons (Fsp3) is 1.00. The minimum Gasteiger partial charge on any atom is -0.330 e. The van der Waals surface area contributed by atoms with E-state index < -0.39 is 0 Å². The summed E-state index contributed by atoms with van der Waals surface area (Å²) in [5.74, 6) is 5.82. The van der Waals surface area contributed by atoms with Crippen LogP contribution in [0.5, 0.6) is 0 Å². The number of thioether (sulfide) groups is 1. The molecule has 2 fully saturated rings. The van der Waals surface area contributed by atoms with Crippen molar-refractivity contribution < 1.29 is 0 Å². The van der Waals surface area contributed by atoms with Gasteiger partial charge in [0.2, 0.25) is 0 Å². The van der Waals surface area contributed by atoms with Crippen LogP contribution in [-0.4, -0.2) is 18.1 Å². The number of rotatable bonds is 2. The van der Waals surface area contributed by atoms with Gasteiger partial charge in [0, 0.05) is 0 Å². The van der Waals surface area contributed by atoms with Crippen molar-refractivity contribution in [2.45, 2.75) is 25.7 Å². The van der Waals surface area contributed by atoms with Crippen LogP contribution in [-0.2, 0) is 0 Å². The lowest BCUT2D eigenvalue weighted by molar-refractivity contribution is 0.122. The second kappa shape index (κ2) is 4.01. The molecular formula is C10H19NS. The van der Waals surface area contributed by atoms with E-state index >= 15 is 0 Å². The molecule has 0 unspecified atom stereocenters. The van der Waals surface area contributed by atoms with Crippen molar-refractivity contribution in [2.75, 3.05) is 18.1 Å². The first-order valence-corrected chi connectivity index (χ1v) is 6.33. The van der Waals surface area contributed by atoms with Gasteiger partial charge in [-0.3, -0.25) is 0 Å². The summed E-state index contributed by atoms with van der Waals surface area (Å²) < 4.78 is 0. The lowest BCUT2D eigenvalue weighted by atomic mass is 9.67. The number of nitrogens with two attached hydrogens (primary N) is 1. The third kappa shape index (κ3) is 1.80. The van der Waals surface area contributed by atoms with Crippen LogP contribution in [0.4, 0.5) is 0 Å². The Balaban J connectivity index is 1.72. The molecule has 2 aliphatic rings. The van der Waals surface area contributed by atoms with Crippen LogP contribution in [0.25, 0.3) is 0 Å². The van der Waals surface area contributed by atoms with E-state index in [0.29, 0.717) is 0 Å². The van der Waals surface area contributed by atoms with Crippen molar-refractivity contribution in [1.29, 1.82) is 0 Å². The first-order valence-electron chi connectivity index (χ1n) is 5.18. The molecule has 1 aliphatic heterocycles. The summed E-state index contributed by atoms with van der Waals surface area (Å²) in [7, 11) is 0. The molecule has 0 aromatic rings. The normalized spacial score (nSPS) is 37.8. The third-order valence-corrected chi connectivity index (χ3v) is 4.59. The molecule has 0 spiro atoms. The van der Waals surface area contributed by atoms with E-state index in [2.05, 4.69) is 11.8 Å². The summed E-state index contributed by atoms with van der Waals surface area (Å²) in [6.45, 7) is 0.929. The van der Waals surface area contributed by atoms with Crippen molar-refractivity contribution in [3.05, 3.63) is 0 Å². The van der Waals surface area contributed by atoms with Gasteiger partial charge in [-0.15, -0.1) is 0 Å². The van der Waals surface area contributed by atoms with E-state index in [1.54, 1.807) is 0 Å². The van der Waals surface area contributed by atoms with Gasteiger partial charge >= 0.3 is 0 Å². The monoisotopic (exact) mass is 185 g/mol. The molecule has 1 nitrogen and oxygen atoms in total. The Labute approximate surface area is 79.5 Å². The zero-order valence-corrected chi connectivity index (χ0v) is 8.48. The fourth-order valence-electron chi connectivity index (χ4n) is 2.55. The highest BCUT2D eigenvalue weighted by Gasteiger charge is 2.34. The highest BCUT2D eigenvalue weighted by molar-refractivity contribution is 7.99. The Hall–Kier alpha value is 0.310. The largest absolute Gasteiger partial charge is 0.330 e. The predicted molar refractivity (Wildman–Crippen MR) is 55.3 cm³/mol. The van der Waals surface area contributed by atoms with Crippen LogP contribution < -0.4 is 5.73 Å². The van der Waals surface area contributed by atoms with E-state index in [-0.39, 0.29) is 0 Å². The molecule has 0 amide bonds. The Kier molecular flexibility index (Phi) is 2.97. The molecule has 0 atom stereocenters. The van der Waals surface area contributed by atoms with Crippen molar-refractivity contribution in [1.82, 2.24) is 0 Å². The number of hydrogen-bond donors (Lipinski definition) is 1. The molecule has 2 heteroatoms. The summed E-state index contributed by atoms with van der Waals surface area (Å²) in [4.78, 5) is 0. The van der Waals surface area contributed by atoms with Gasteiger partial charge in [0.05, 0.1) is 0 Å². The number of hydrogen-bond acceptors (Lipinski definition) is 2. The smallest absolute Gasteiger partial charge is 0.00487 e. The standard InChI is InChI=1S/C10H19NS/c11-7-8-5-10(6-8)9-1-3-12-4-2-9/h8-10H,1-7,11H2. The topological polar surface area (TPSA) is 26.0 Å². The van der Waals surface area contributed by atoms with E-state index in [9.17, 15) is 0 Å². The summed E-state index contributed by atoms with van der Waals surface area (Å²) in [5.41, 5.74) is 5.62. The average molecular weight is 185 g/mol. The molecule has 2 rings (SSSR count). The molecule has 70 valence electrons. The molecule has 2 N–H and O–H groups in total. The Morgan fingerprint density at radius 1 is 1.08 bits per heavy atom. The van der Waals surface area contributed by atoms with Gasteiger partial charge in [-0.2, -0.15) is 11.8 Å². The van der Waals surface area contributed by atoms with Crippen molar-refractivity contribution >= 4 is 11.8 Å². The van der Waals surface area contributed by atoms with Crippen molar-refractivity contribution in [2.24, 2.45) is 23.5 Å². The fourth-order valence-corrected chi connectivity index (χ4v) is 3.69. The summed E-state index contributed by atoms with van der Waals surface area (Å²) in [6.07, 6.45) is 5.83. The lowest BCUT2D eigenvalue weighted by Gasteiger charge is -2.41. The van der Waals surface area contributed by atoms with Gasteiger partial charge in [-0.05, 0) is 61.5 Å². The maximum absolute atomic E-state index is 5.62. The van der Waals surface area contributed by atoms with Crippen molar-refractivity contribution in [3.8, 4) is 0 Å². The zero-order valence-electron chi connectivity index (χ0n) is 7.67. The molecule has 1 saturated carbocycles. The Morgan fingerprint density at radius 2 is 1.75 bits per heavy atom. The quantitative estimate of drug-likeness (QED) is 0.713. The van der Waals surface area contributed by atoms with Crippen LogP contribution in [0.1, 0.15) is 25.7 Å². The van der Waals surface area contributed by atoms with Crippen molar-refractivity contribution in [3.63, 3.8) is 0 Å². The van der Waals surface area contributed by atoms with Crippen LogP contribution in [0.2, 0.25) is 0 Å². The molecule has 0 bridgehead atoms. The van der Waals surface area contributed by atoms with Crippen LogP contribution in [0.3, 0.4) is 0 Å². The van der Waals surface area contributed by atoms with Crippen LogP contribution in [0.15, 0.2) is 0 Å². The van der Waals surface area contributed by atoms with E-state index in [1.807, 2.05) is 0 Å². The minimum absolute atomic E-state index is 0.879. The highest BCUT2D eigenvalue weighted by Crippen LogP contribution is 2.43. The van der Waals surface area contributed by atoms with E-state index in [1.165, 1.54) is 37.2 Å². The van der Waals surface area contributed by atoms with Gasteiger partial charge in [-0.1, -0.05) is 0 Å². The highest BCUT2D eigenvalue weighted by atomic mass is 32.2. The Bertz CT molecular complexity index is 137. The first-order chi connectivity index (χ1) is 5.90. The summed E-state index contributed by atoms with van der Waals surface area (Å²) in [6, 6.07) is 0. The molecular weight excluding hydrogens is 166 g/mol. The van der Waals surface area contributed by atoms with Gasteiger partial charge in [0.1, 0.15) is 0 Å². The van der Waals surface area contributed by atoms with E-state index in [0.717, 1.165) is 24.3 Å². The first kappa shape index (κ1) is 8.89. The lowest BCUT2D eigenvalue weighted by Crippen LogP contribution is -2.35. The molecule has 12 heavy (non-hydrogen) atoms. The second-order valence-electron chi connectivity index (χ2n) is 4.28. The van der Waals surface area contributed by atoms with Gasteiger partial charge in [0.15, 0.2) is 0 Å². The molecule has 0 aromatic heterocycles. The summed E-state index contributed by atoms with van der Waals surface area (Å²) >= 11 is 2.13. The maximum Gasteiger partial charge on any atom is -0.00487 e. The Morgan fingerprint density at radius 3 is 2.33 bits per heavy atom. The minimum atomic E-state index is 0.879. The zero-order chi connectivity index (χ0) is 8.39. The molecule has 1 heterocycles. The van der Waals surface area contributed by atoms with Gasteiger partial charge in [-0.25, -0.2) is 0 Å². The average Bonchev–Trinajstić information content (AvgIpc) is 2.04. The van der Waals surface area contributed by atoms with Gasteiger partial charge < -0.3 is 5.73 Å².